The van der Waals surface area contributed by atoms with E-state index in [2.05, 4.69) is 14.8 Å². The molecule has 11 heteroatoms. The van der Waals surface area contributed by atoms with Crippen LogP contribution in [0.3, 0.4) is 0 Å². The van der Waals surface area contributed by atoms with Crippen LogP contribution in [0.2, 0.25) is 5.02 Å². The van der Waals surface area contributed by atoms with Gasteiger partial charge in [-0.05, 0) is 60.2 Å². The molecule has 0 bridgehead atoms. The summed E-state index contributed by atoms with van der Waals surface area (Å²) in [4.78, 5) is 12.2. The van der Waals surface area contributed by atoms with Crippen molar-refractivity contribution in [1.29, 1.82) is 0 Å². The van der Waals surface area contributed by atoms with Crippen LogP contribution in [0.4, 0.5) is 20.2 Å². The van der Waals surface area contributed by atoms with Crippen LogP contribution >= 0.6 is 11.6 Å². The van der Waals surface area contributed by atoms with Crippen LogP contribution in [0.15, 0.2) is 71.6 Å². The number of hydrogen-bond donors (Lipinski definition) is 2. The topological polar surface area (TPSA) is 93.7 Å². The Morgan fingerprint density at radius 1 is 1.00 bits per heavy atom. The Bertz CT molecular complexity index is 1220. The van der Waals surface area contributed by atoms with Crippen molar-refractivity contribution in [2.24, 2.45) is 0 Å². The second-order valence-electron chi connectivity index (χ2n) is 6.73. The Morgan fingerprint density at radius 2 is 1.64 bits per heavy atom. The van der Waals surface area contributed by atoms with E-state index in [1.807, 2.05) is 0 Å². The number of methoxy groups -OCH3 is 1. The highest BCUT2D eigenvalue weighted by Crippen LogP contribution is 2.29. The van der Waals surface area contributed by atoms with Gasteiger partial charge in [-0.2, -0.15) is 8.78 Å². The van der Waals surface area contributed by atoms with Crippen molar-refractivity contribution in [2.75, 3.05) is 17.1 Å². The zero-order valence-corrected chi connectivity index (χ0v) is 18.8. The number of anilines is 2. The normalized spacial score (nSPS) is 11.2. The first-order valence-corrected chi connectivity index (χ1v) is 11.3. The second-order valence-corrected chi connectivity index (χ2v) is 8.81. The lowest BCUT2D eigenvalue weighted by Gasteiger charge is -2.14. The third-order valence-corrected chi connectivity index (χ3v) is 6.00. The third kappa shape index (κ3) is 6.80. The van der Waals surface area contributed by atoms with E-state index >= 15 is 0 Å². The minimum absolute atomic E-state index is 0.0210. The molecule has 0 aliphatic carbocycles. The summed E-state index contributed by atoms with van der Waals surface area (Å²) in [7, 11) is -2.72. The quantitative estimate of drug-likeness (QED) is 0.438. The van der Waals surface area contributed by atoms with Gasteiger partial charge in [-0.25, -0.2) is 8.42 Å². The summed E-state index contributed by atoms with van der Waals surface area (Å²) in [5, 5.41) is 3.07. The molecule has 0 atom stereocenters. The molecule has 33 heavy (non-hydrogen) atoms. The summed E-state index contributed by atoms with van der Waals surface area (Å²) in [5.74, 6) is -0.367. The first kappa shape index (κ1) is 24.3. The number of halogens is 3. The molecular formula is C22H19ClF2N2O5S. The standard InChI is InChI=1S/C22H19ClF2N2O5S/c1-31-19-11-8-17(13-20(19)33(29,30)27-16-6-4-15(23)5-7-16)26-21(28)12-14-2-9-18(10-3-14)32-22(24)25/h2-11,13,22,27H,12H2,1H3,(H,26,28). The molecule has 0 saturated heterocycles. The van der Waals surface area contributed by atoms with Crippen LogP contribution in [0, 0.1) is 0 Å². The maximum Gasteiger partial charge on any atom is 0.387 e. The molecule has 0 saturated carbocycles. The van der Waals surface area contributed by atoms with Gasteiger partial charge >= 0.3 is 6.61 Å². The first-order valence-electron chi connectivity index (χ1n) is 9.46. The highest BCUT2D eigenvalue weighted by atomic mass is 35.5. The second kappa shape index (κ2) is 10.5. The molecule has 0 aliphatic heterocycles. The van der Waals surface area contributed by atoms with E-state index < -0.39 is 22.5 Å². The molecule has 174 valence electrons. The van der Waals surface area contributed by atoms with Crippen molar-refractivity contribution in [1.82, 2.24) is 0 Å². The van der Waals surface area contributed by atoms with Gasteiger partial charge in [-0.3, -0.25) is 9.52 Å². The van der Waals surface area contributed by atoms with Gasteiger partial charge < -0.3 is 14.8 Å². The molecule has 0 spiro atoms. The fourth-order valence-electron chi connectivity index (χ4n) is 2.87. The number of hydrogen-bond acceptors (Lipinski definition) is 5. The van der Waals surface area contributed by atoms with Crippen LogP contribution < -0.4 is 19.5 Å². The molecule has 0 aromatic heterocycles. The Labute approximate surface area is 194 Å². The monoisotopic (exact) mass is 496 g/mol. The molecule has 0 unspecified atom stereocenters. The molecule has 0 heterocycles. The summed E-state index contributed by atoms with van der Waals surface area (Å²) in [6.45, 7) is -2.94. The van der Waals surface area contributed by atoms with E-state index in [0.717, 1.165) is 0 Å². The number of carbonyl (C=O) groups excluding carboxylic acids is 1. The SMILES string of the molecule is COc1ccc(NC(=O)Cc2ccc(OC(F)F)cc2)cc1S(=O)(=O)Nc1ccc(Cl)cc1. The average Bonchev–Trinajstić information content (AvgIpc) is 2.76. The minimum Gasteiger partial charge on any atom is -0.495 e. The number of nitrogens with one attached hydrogen (secondary N) is 2. The average molecular weight is 497 g/mol. The number of sulfonamides is 1. The molecule has 0 aliphatic rings. The number of carbonyl (C=O) groups is 1. The van der Waals surface area contributed by atoms with Gasteiger partial charge in [0.1, 0.15) is 16.4 Å². The fourth-order valence-corrected chi connectivity index (χ4v) is 4.25. The van der Waals surface area contributed by atoms with Gasteiger partial charge in [-0.1, -0.05) is 23.7 Å². The largest absolute Gasteiger partial charge is 0.495 e. The summed E-state index contributed by atoms with van der Waals surface area (Å²) in [6, 6.07) is 15.9. The number of alkyl halides is 2. The van der Waals surface area contributed by atoms with E-state index in [9.17, 15) is 22.0 Å². The Balaban J connectivity index is 1.74. The van der Waals surface area contributed by atoms with E-state index in [-0.39, 0.29) is 28.5 Å². The number of ether oxygens (including phenoxy) is 2. The zero-order valence-electron chi connectivity index (χ0n) is 17.2. The van der Waals surface area contributed by atoms with Crippen molar-refractivity contribution in [3.05, 3.63) is 77.3 Å². The third-order valence-electron chi connectivity index (χ3n) is 4.35. The molecule has 0 fully saturated rings. The molecule has 3 aromatic rings. The van der Waals surface area contributed by atoms with Crippen molar-refractivity contribution >= 4 is 38.9 Å². The Hall–Kier alpha value is -3.37. The van der Waals surface area contributed by atoms with E-state index in [4.69, 9.17) is 16.3 Å². The van der Waals surface area contributed by atoms with Crippen LogP contribution in [-0.2, 0) is 21.2 Å². The van der Waals surface area contributed by atoms with Crippen LogP contribution in [0.25, 0.3) is 0 Å². The van der Waals surface area contributed by atoms with E-state index in [1.54, 1.807) is 12.1 Å². The number of rotatable bonds is 9. The van der Waals surface area contributed by atoms with Crippen molar-refractivity contribution in [3.8, 4) is 11.5 Å². The lowest BCUT2D eigenvalue weighted by Crippen LogP contribution is -2.17. The maximum absolute atomic E-state index is 12.9. The lowest BCUT2D eigenvalue weighted by atomic mass is 10.1. The van der Waals surface area contributed by atoms with Gasteiger partial charge in [-0.15, -0.1) is 0 Å². The lowest BCUT2D eigenvalue weighted by molar-refractivity contribution is -0.115. The minimum atomic E-state index is -4.05. The van der Waals surface area contributed by atoms with E-state index in [1.165, 1.54) is 61.7 Å². The Kier molecular flexibility index (Phi) is 7.72. The highest BCUT2D eigenvalue weighted by Gasteiger charge is 2.21. The first-order chi connectivity index (χ1) is 15.7. The number of amides is 1. The van der Waals surface area contributed by atoms with Gasteiger partial charge in [0.15, 0.2) is 0 Å². The maximum atomic E-state index is 12.9. The molecule has 3 aromatic carbocycles. The van der Waals surface area contributed by atoms with Crippen molar-refractivity contribution in [3.63, 3.8) is 0 Å². The molecule has 1 amide bonds. The predicted octanol–water partition coefficient (Wildman–Crippen LogP) is 4.93. The fraction of sp³-hybridized carbons (Fsp3) is 0.136. The summed E-state index contributed by atoms with van der Waals surface area (Å²) < 4.78 is 62.1. The van der Waals surface area contributed by atoms with E-state index in [0.29, 0.717) is 16.3 Å². The van der Waals surface area contributed by atoms with Crippen LogP contribution in [0.1, 0.15) is 5.56 Å². The number of benzene rings is 3. The Morgan fingerprint density at radius 3 is 2.24 bits per heavy atom. The summed E-state index contributed by atoms with van der Waals surface area (Å²) >= 11 is 5.83. The van der Waals surface area contributed by atoms with Gasteiger partial charge in [0.25, 0.3) is 10.0 Å². The molecular weight excluding hydrogens is 478 g/mol. The molecule has 3 rings (SSSR count). The van der Waals surface area contributed by atoms with Gasteiger partial charge in [0, 0.05) is 16.4 Å². The van der Waals surface area contributed by atoms with Crippen LogP contribution in [0.5, 0.6) is 11.5 Å². The zero-order chi connectivity index (χ0) is 24.0. The summed E-state index contributed by atoms with van der Waals surface area (Å²) in [5.41, 5.74) is 1.09. The smallest absolute Gasteiger partial charge is 0.387 e. The summed E-state index contributed by atoms with van der Waals surface area (Å²) in [6.07, 6.45) is -0.0634. The van der Waals surface area contributed by atoms with Gasteiger partial charge in [0.2, 0.25) is 5.91 Å². The molecule has 2 N–H and O–H groups in total. The van der Waals surface area contributed by atoms with Crippen LogP contribution in [-0.4, -0.2) is 28.0 Å². The predicted molar refractivity (Wildman–Crippen MR) is 121 cm³/mol. The highest BCUT2D eigenvalue weighted by molar-refractivity contribution is 7.92. The van der Waals surface area contributed by atoms with Crippen molar-refractivity contribution in [2.45, 2.75) is 17.9 Å². The molecule has 0 radical (unpaired) electrons. The van der Waals surface area contributed by atoms with Crippen molar-refractivity contribution < 1.29 is 31.5 Å². The molecule has 7 nitrogen and oxygen atoms in total. The van der Waals surface area contributed by atoms with Gasteiger partial charge in [0.05, 0.1) is 13.5 Å².